The van der Waals surface area contributed by atoms with Gasteiger partial charge in [0.2, 0.25) is 0 Å². The molecule has 26 heavy (non-hydrogen) atoms. The van der Waals surface area contributed by atoms with Crippen molar-refractivity contribution in [2.45, 2.75) is 13.5 Å². The van der Waals surface area contributed by atoms with Crippen LogP contribution in [0.2, 0.25) is 5.02 Å². The van der Waals surface area contributed by atoms with Crippen LogP contribution in [0.15, 0.2) is 59.1 Å². The average molecular weight is 371 g/mol. The zero-order valence-electron chi connectivity index (χ0n) is 13.9. The van der Waals surface area contributed by atoms with Gasteiger partial charge >= 0.3 is 5.97 Å². The fourth-order valence-corrected chi connectivity index (χ4v) is 2.40. The number of anilines is 1. The molecule has 0 aliphatic rings. The third-order valence-corrected chi connectivity index (χ3v) is 3.78. The summed E-state index contributed by atoms with van der Waals surface area (Å²) >= 11 is 5.83. The van der Waals surface area contributed by atoms with Gasteiger partial charge in [-0.1, -0.05) is 28.9 Å². The van der Waals surface area contributed by atoms with Crippen molar-refractivity contribution in [3.8, 4) is 0 Å². The van der Waals surface area contributed by atoms with E-state index in [1.165, 1.54) is 0 Å². The fraction of sp³-hybridized carbons (Fsp3) is 0.105. The summed E-state index contributed by atoms with van der Waals surface area (Å²) in [7, 11) is 0. The smallest absolute Gasteiger partial charge is 0.340 e. The SMILES string of the molecule is Cc1cc(COC(=O)c2ccccc2NC(=O)c2ccc(Cl)cc2)no1. The molecular weight excluding hydrogens is 356 g/mol. The summed E-state index contributed by atoms with van der Waals surface area (Å²) in [6, 6.07) is 14.7. The first-order valence-electron chi connectivity index (χ1n) is 7.78. The number of nitrogens with one attached hydrogen (secondary N) is 1. The Bertz CT molecular complexity index is 935. The average Bonchev–Trinajstić information content (AvgIpc) is 3.06. The molecule has 0 saturated heterocycles. The molecule has 0 fully saturated rings. The number of para-hydroxylation sites is 1. The van der Waals surface area contributed by atoms with Crippen LogP contribution in [0.25, 0.3) is 0 Å². The van der Waals surface area contributed by atoms with Crippen LogP contribution in [-0.2, 0) is 11.3 Å². The number of carbonyl (C=O) groups is 2. The van der Waals surface area contributed by atoms with Gasteiger partial charge in [0.15, 0.2) is 0 Å². The molecule has 0 spiro atoms. The number of nitrogens with zero attached hydrogens (tertiary/aromatic N) is 1. The number of rotatable bonds is 5. The summed E-state index contributed by atoms with van der Waals surface area (Å²) in [6.07, 6.45) is 0. The number of hydrogen-bond donors (Lipinski definition) is 1. The minimum atomic E-state index is -0.572. The standard InChI is InChI=1S/C19H15ClN2O4/c1-12-10-15(22-26-12)11-25-19(24)16-4-2-3-5-17(16)21-18(23)13-6-8-14(20)9-7-13/h2-10H,11H2,1H3,(H,21,23). The van der Waals surface area contributed by atoms with Crippen molar-refractivity contribution in [1.82, 2.24) is 5.16 Å². The molecule has 0 atom stereocenters. The molecule has 0 aliphatic carbocycles. The molecule has 2 aromatic carbocycles. The van der Waals surface area contributed by atoms with E-state index in [4.69, 9.17) is 20.9 Å². The zero-order chi connectivity index (χ0) is 18.5. The Hall–Kier alpha value is -3.12. The third kappa shape index (κ3) is 4.29. The molecule has 7 heteroatoms. The number of hydrogen-bond acceptors (Lipinski definition) is 5. The minimum Gasteiger partial charge on any atom is -0.455 e. The third-order valence-electron chi connectivity index (χ3n) is 3.53. The summed E-state index contributed by atoms with van der Waals surface area (Å²) in [5.41, 5.74) is 1.54. The number of aromatic nitrogens is 1. The monoisotopic (exact) mass is 370 g/mol. The van der Waals surface area contributed by atoms with Gasteiger partial charge in [-0.15, -0.1) is 0 Å². The van der Waals surface area contributed by atoms with Crippen molar-refractivity contribution in [2.24, 2.45) is 0 Å². The maximum atomic E-state index is 12.4. The quantitative estimate of drug-likeness (QED) is 0.679. The highest BCUT2D eigenvalue weighted by Gasteiger charge is 2.16. The lowest BCUT2D eigenvalue weighted by Crippen LogP contribution is -2.15. The van der Waals surface area contributed by atoms with E-state index in [9.17, 15) is 9.59 Å². The number of esters is 1. The lowest BCUT2D eigenvalue weighted by atomic mass is 10.1. The van der Waals surface area contributed by atoms with E-state index in [0.717, 1.165) is 0 Å². The van der Waals surface area contributed by atoms with E-state index in [1.807, 2.05) is 0 Å². The van der Waals surface area contributed by atoms with Crippen molar-refractivity contribution in [2.75, 3.05) is 5.32 Å². The number of benzene rings is 2. The number of halogens is 1. The fourth-order valence-electron chi connectivity index (χ4n) is 2.27. The second-order valence-electron chi connectivity index (χ2n) is 5.51. The van der Waals surface area contributed by atoms with Crippen molar-refractivity contribution in [1.29, 1.82) is 0 Å². The number of carbonyl (C=O) groups excluding carboxylic acids is 2. The molecular formula is C19H15ClN2O4. The summed E-state index contributed by atoms with van der Waals surface area (Å²) in [5.74, 6) is -0.293. The molecule has 6 nitrogen and oxygen atoms in total. The second kappa shape index (κ2) is 7.84. The van der Waals surface area contributed by atoms with Gasteiger partial charge in [0.1, 0.15) is 18.1 Å². The number of amides is 1. The minimum absolute atomic E-state index is 0.0182. The van der Waals surface area contributed by atoms with E-state index >= 15 is 0 Å². The molecule has 0 saturated carbocycles. The molecule has 0 aliphatic heterocycles. The highest BCUT2D eigenvalue weighted by molar-refractivity contribution is 6.30. The number of ether oxygens (including phenoxy) is 1. The van der Waals surface area contributed by atoms with Gasteiger partial charge in [-0.3, -0.25) is 4.79 Å². The molecule has 0 bridgehead atoms. The van der Waals surface area contributed by atoms with E-state index < -0.39 is 5.97 Å². The van der Waals surface area contributed by atoms with Gasteiger partial charge in [-0.2, -0.15) is 0 Å². The van der Waals surface area contributed by atoms with Gasteiger partial charge in [0, 0.05) is 16.7 Å². The topological polar surface area (TPSA) is 81.4 Å². The largest absolute Gasteiger partial charge is 0.455 e. The Balaban J connectivity index is 1.71. The molecule has 3 aromatic rings. The Labute approximate surface area is 154 Å². The van der Waals surface area contributed by atoms with Crippen LogP contribution in [0.3, 0.4) is 0 Å². The van der Waals surface area contributed by atoms with Crippen LogP contribution in [0.4, 0.5) is 5.69 Å². The van der Waals surface area contributed by atoms with Crippen LogP contribution < -0.4 is 5.32 Å². The van der Waals surface area contributed by atoms with E-state index in [0.29, 0.717) is 27.7 Å². The maximum Gasteiger partial charge on any atom is 0.340 e. The van der Waals surface area contributed by atoms with Gasteiger partial charge in [-0.05, 0) is 43.3 Å². The van der Waals surface area contributed by atoms with Gasteiger partial charge in [-0.25, -0.2) is 4.79 Å². The lowest BCUT2D eigenvalue weighted by Gasteiger charge is -2.10. The van der Waals surface area contributed by atoms with E-state index in [-0.39, 0.29) is 18.1 Å². The Morgan fingerprint density at radius 2 is 1.88 bits per heavy atom. The normalized spacial score (nSPS) is 10.4. The van der Waals surface area contributed by atoms with Crippen LogP contribution in [-0.4, -0.2) is 17.0 Å². The van der Waals surface area contributed by atoms with Crippen molar-refractivity contribution in [3.63, 3.8) is 0 Å². The molecule has 0 radical (unpaired) electrons. The van der Waals surface area contributed by atoms with Gasteiger partial charge < -0.3 is 14.6 Å². The zero-order valence-corrected chi connectivity index (χ0v) is 14.6. The maximum absolute atomic E-state index is 12.4. The first-order valence-corrected chi connectivity index (χ1v) is 8.16. The van der Waals surface area contributed by atoms with Crippen LogP contribution in [0.1, 0.15) is 32.2 Å². The Morgan fingerprint density at radius 3 is 2.58 bits per heavy atom. The number of aryl methyl sites for hydroxylation is 1. The molecule has 3 rings (SSSR count). The van der Waals surface area contributed by atoms with Crippen molar-refractivity contribution >= 4 is 29.2 Å². The van der Waals surface area contributed by atoms with Gasteiger partial charge in [0.25, 0.3) is 5.91 Å². The van der Waals surface area contributed by atoms with Crippen LogP contribution in [0.5, 0.6) is 0 Å². The van der Waals surface area contributed by atoms with E-state index in [2.05, 4.69) is 10.5 Å². The highest BCUT2D eigenvalue weighted by atomic mass is 35.5. The lowest BCUT2D eigenvalue weighted by molar-refractivity contribution is 0.0465. The summed E-state index contributed by atoms with van der Waals surface area (Å²) in [6.45, 7) is 1.73. The van der Waals surface area contributed by atoms with Crippen molar-refractivity contribution < 1.29 is 18.8 Å². The molecule has 1 aromatic heterocycles. The predicted octanol–water partition coefficient (Wildman–Crippen LogP) is 4.25. The molecule has 1 N–H and O–H groups in total. The molecule has 1 amide bonds. The predicted molar refractivity (Wildman–Crippen MR) is 96.2 cm³/mol. The molecule has 0 unspecified atom stereocenters. The Morgan fingerprint density at radius 1 is 1.15 bits per heavy atom. The summed E-state index contributed by atoms with van der Waals surface area (Å²) < 4.78 is 10.2. The summed E-state index contributed by atoms with van der Waals surface area (Å²) in [5, 5.41) is 7.01. The molecule has 132 valence electrons. The Kier molecular flexibility index (Phi) is 5.34. The highest BCUT2D eigenvalue weighted by Crippen LogP contribution is 2.19. The second-order valence-corrected chi connectivity index (χ2v) is 5.95. The van der Waals surface area contributed by atoms with E-state index in [1.54, 1.807) is 61.5 Å². The first-order chi connectivity index (χ1) is 12.5. The van der Waals surface area contributed by atoms with Crippen LogP contribution >= 0.6 is 11.6 Å². The first kappa shape index (κ1) is 17.7. The summed E-state index contributed by atoms with van der Waals surface area (Å²) in [4.78, 5) is 24.7. The van der Waals surface area contributed by atoms with Gasteiger partial charge in [0.05, 0.1) is 11.3 Å². The van der Waals surface area contributed by atoms with Crippen LogP contribution in [0, 0.1) is 6.92 Å². The molecule has 1 heterocycles. The van der Waals surface area contributed by atoms with Crippen molar-refractivity contribution in [3.05, 3.63) is 82.2 Å².